The maximum absolute atomic E-state index is 7.17. The highest BCUT2D eigenvalue weighted by Gasteiger charge is 1.99. The summed E-state index contributed by atoms with van der Waals surface area (Å²) in [5.41, 5.74) is 5.73. The Morgan fingerprint density at radius 1 is 1.62 bits per heavy atom. The number of nitrogens with one attached hydrogen (secondary N) is 2. The van der Waals surface area contributed by atoms with Crippen molar-refractivity contribution in [2.45, 2.75) is 13.3 Å². The monoisotopic (exact) mass is 179 g/mol. The first kappa shape index (κ1) is 9.44. The van der Waals surface area contributed by atoms with Gasteiger partial charge in [-0.15, -0.1) is 0 Å². The van der Waals surface area contributed by atoms with Gasteiger partial charge < -0.3 is 11.1 Å². The second kappa shape index (κ2) is 4.39. The fraction of sp³-hybridized carbons (Fsp3) is 0.375. The topological polar surface area (TPSA) is 87.7 Å². The molecule has 1 aromatic rings. The van der Waals surface area contributed by atoms with Crippen molar-refractivity contribution in [1.82, 2.24) is 9.97 Å². The van der Waals surface area contributed by atoms with Crippen molar-refractivity contribution in [2.24, 2.45) is 5.73 Å². The molecule has 0 radical (unpaired) electrons. The van der Waals surface area contributed by atoms with Crippen LogP contribution in [-0.4, -0.2) is 22.3 Å². The van der Waals surface area contributed by atoms with Crippen LogP contribution in [0.1, 0.15) is 19.0 Å². The highest BCUT2D eigenvalue weighted by atomic mass is 15.0. The Balaban J connectivity index is 2.73. The zero-order valence-electron chi connectivity index (χ0n) is 7.54. The fourth-order valence-electron chi connectivity index (χ4n) is 0.854. The van der Waals surface area contributed by atoms with E-state index in [1.807, 2.05) is 0 Å². The molecule has 1 heterocycles. The molecule has 0 aliphatic heterocycles. The van der Waals surface area contributed by atoms with E-state index >= 15 is 0 Å². The molecule has 0 atom stereocenters. The average Bonchev–Trinajstić information content (AvgIpc) is 2.15. The summed E-state index contributed by atoms with van der Waals surface area (Å²) >= 11 is 0. The van der Waals surface area contributed by atoms with E-state index in [4.69, 9.17) is 11.1 Å². The van der Waals surface area contributed by atoms with Crippen LogP contribution in [0.4, 0.5) is 5.82 Å². The average molecular weight is 179 g/mol. The molecule has 0 bridgehead atoms. The van der Waals surface area contributed by atoms with Crippen molar-refractivity contribution >= 4 is 11.7 Å². The molecule has 0 amide bonds. The van der Waals surface area contributed by atoms with Crippen LogP contribution in [0.2, 0.25) is 0 Å². The Bertz CT molecular complexity index is 296. The lowest BCUT2D eigenvalue weighted by molar-refractivity contribution is 0.963. The maximum atomic E-state index is 7.17. The molecule has 1 rings (SSSR count). The number of hydrogen-bond donors (Lipinski definition) is 3. The van der Waals surface area contributed by atoms with Gasteiger partial charge in [0.05, 0.1) is 0 Å². The predicted molar refractivity (Wildman–Crippen MR) is 51.8 cm³/mol. The zero-order chi connectivity index (χ0) is 9.68. The molecule has 70 valence electrons. The Labute approximate surface area is 76.9 Å². The van der Waals surface area contributed by atoms with Gasteiger partial charge >= 0.3 is 0 Å². The molecule has 5 heteroatoms. The quantitative estimate of drug-likeness (QED) is 0.466. The molecule has 0 aliphatic carbocycles. The second-order valence-corrected chi connectivity index (χ2v) is 2.63. The summed E-state index contributed by atoms with van der Waals surface area (Å²) in [6.07, 6.45) is 2.42. The molecule has 0 aliphatic rings. The van der Waals surface area contributed by atoms with Crippen LogP contribution in [0.5, 0.6) is 0 Å². The minimum Gasteiger partial charge on any atom is -0.382 e. The standard InChI is InChI=1S/C8H13N5/c1-2-3-11-7-4-6(8(9)10)12-5-13-7/h4-5H,2-3H2,1H3,(H3,9,10)(H,11,12,13). The van der Waals surface area contributed by atoms with E-state index in [9.17, 15) is 0 Å². The van der Waals surface area contributed by atoms with E-state index in [0.29, 0.717) is 11.5 Å². The van der Waals surface area contributed by atoms with Crippen LogP contribution in [0.25, 0.3) is 0 Å². The molecule has 0 saturated carbocycles. The summed E-state index contributed by atoms with van der Waals surface area (Å²) < 4.78 is 0. The van der Waals surface area contributed by atoms with Crippen LogP contribution >= 0.6 is 0 Å². The third-order valence-electron chi connectivity index (χ3n) is 1.50. The van der Waals surface area contributed by atoms with Gasteiger partial charge in [0, 0.05) is 12.6 Å². The van der Waals surface area contributed by atoms with Crippen LogP contribution in [0.3, 0.4) is 0 Å². The molecule has 4 N–H and O–H groups in total. The van der Waals surface area contributed by atoms with Gasteiger partial charge in [0.25, 0.3) is 0 Å². The second-order valence-electron chi connectivity index (χ2n) is 2.63. The molecule has 13 heavy (non-hydrogen) atoms. The molecule has 5 nitrogen and oxygen atoms in total. The molecule has 1 aromatic heterocycles. The maximum Gasteiger partial charge on any atom is 0.142 e. The van der Waals surface area contributed by atoms with E-state index in [0.717, 1.165) is 13.0 Å². The van der Waals surface area contributed by atoms with Crippen LogP contribution < -0.4 is 11.1 Å². The lowest BCUT2D eigenvalue weighted by Gasteiger charge is -2.03. The van der Waals surface area contributed by atoms with Crippen LogP contribution in [0.15, 0.2) is 12.4 Å². The predicted octanol–water partition coefficient (Wildman–Crippen LogP) is 0.583. The van der Waals surface area contributed by atoms with Crippen molar-refractivity contribution in [2.75, 3.05) is 11.9 Å². The SMILES string of the molecule is CCCNc1cc(C(=N)N)ncn1. The van der Waals surface area contributed by atoms with Gasteiger partial charge in [-0.3, -0.25) is 5.41 Å². The summed E-state index contributed by atoms with van der Waals surface area (Å²) in [6.45, 7) is 2.93. The highest BCUT2D eigenvalue weighted by Crippen LogP contribution is 2.02. The first-order valence-corrected chi connectivity index (χ1v) is 4.14. The lowest BCUT2D eigenvalue weighted by atomic mass is 10.3. The number of amidine groups is 1. The van der Waals surface area contributed by atoms with Crippen LogP contribution in [-0.2, 0) is 0 Å². The van der Waals surface area contributed by atoms with Gasteiger partial charge in [0.2, 0.25) is 0 Å². The molecule has 0 spiro atoms. The summed E-state index contributed by atoms with van der Waals surface area (Å²) in [4.78, 5) is 7.83. The van der Waals surface area contributed by atoms with E-state index in [1.165, 1.54) is 6.33 Å². The van der Waals surface area contributed by atoms with Crippen molar-refractivity contribution in [3.8, 4) is 0 Å². The molecular formula is C8H13N5. The molecule has 0 aromatic carbocycles. The van der Waals surface area contributed by atoms with Crippen molar-refractivity contribution in [3.63, 3.8) is 0 Å². The number of nitrogens with two attached hydrogens (primary N) is 1. The Morgan fingerprint density at radius 2 is 2.38 bits per heavy atom. The fourth-order valence-corrected chi connectivity index (χ4v) is 0.854. The first-order chi connectivity index (χ1) is 6.24. The lowest BCUT2D eigenvalue weighted by Crippen LogP contribution is -2.14. The van der Waals surface area contributed by atoms with Gasteiger partial charge in [-0.1, -0.05) is 6.92 Å². The molecule has 0 unspecified atom stereocenters. The van der Waals surface area contributed by atoms with Gasteiger partial charge in [0.15, 0.2) is 0 Å². The summed E-state index contributed by atoms with van der Waals surface area (Å²) in [7, 11) is 0. The number of rotatable bonds is 4. The summed E-state index contributed by atoms with van der Waals surface area (Å²) in [5.74, 6) is 0.670. The Hall–Kier alpha value is -1.65. The first-order valence-electron chi connectivity index (χ1n) is 4.14. The minimum absolute atomic E-state index is 0.0399. The Kier molecular flexibility index (Phi) is 3.19. The van der Waals surface area contributed by atoms with E-state index in [2.05, 4.69) is 22.2 Å². The smallest absolute Gasteiger partial charge is 0.142 e. The highest BCUT2D eigenvalue weighted by molar-refractivity contribution is 5.93. The van der Waals surface area contributed by atoms with Crippen molar-refractivity contribution < 1.29 is 0 Å². The minimum atomic E-state index is -0.0399. The largest absolute Gasteiger partial charge is 0.382 e. The number of aromatic nitrogens is 2. The molecule has 0 fully saturated rings. The molecular weight excluding hydrogens is 166 g/mol. The van der Waals surface area contributed by atoms with Gasteiger partial charge in [-0.05, 0) is 6.42 Å². The number of nitrogens with zero attached hydrogens (tertiary/aromatic N) is 2. The number of nitrogen functional groups attached to an aromatic ring is 1. The summed E-state index contributed by atoms with van der Waals surface area (Å²) in [6, 6.07) is 1.66. The van der Waals surface area contributed by atoms with E-state index < -0.39 is 0 Å². The third kappa shape index (κ3) is 2.70. The van der Waals surface area contributed by atoms with Gasteiger partial charge in [-0.2, -0.15) is 0 Å². The van der Waals surface area contributed by atoms with Crippen molar-refractivity contribution in [3.05, 3.63) is 18.1 Å². The van der Waals surface area contributed by atoms with Gasteiger partial charge in [0.1, 0.15) is 23.7 Å². The van der Waals surface area contributed by atoms with Crippen molar-refractivity contribution in [1.29, 1.82) is 5.41 Å². The normalized spacial score (nSPS) is 9.62. The zero-order valence-corrected chi connectivity index (χ0v) is 7.54. The van der Waals surface area contributed by atoms with Crippen LogP contribution in [0, 0.1) is 5.41 Å². The third-order valence-corrected chi connectivity index (χ3v) is 1.50. The van der Waals surface area contributed by atoms with Gasteiger partial charge in [-0.25, -0.2) is 9.97 Å². The number of anilines is 1. The van der Waals surface area contributed by atoms with E-state index in [1.54, 1.807) is 6.07 Å². The Morgan fingerprint density at radius 3 is 3.00 bits per heavy atom. The van der Waals surface area contributed by atoms with E-state index in [-0.39, 0.29) is 5.84 Å². The molecule has 0 saturated heterocycles. The summed E-state index contributed by atoms with van der Waals surface area (Å²) in [5, 5.41) is 10.3. The number of hydrogen-bond acceptors (Lipinski definition) is 4.